The zero-order chi connectivity index (χ0) is 30.3. The minimum absolute atomic E-state index is 0.0262. The largest absolute Gasteiger partial charge is 0.461 e. The first kappa shape index (κ1) is 30.2. The Morgan fingerprint density at radius 3 is 2.67 bits per heavy atom. The monoisotopic (exact) mass is 627 g/mol. The van der Waals surface area contributed by atoms with Crippen LogP contribution in [-0.2, 0) is 9.53 Å². The second-order valence-corrected chi connectivity index (χ2v) is 13.8. The summed E-state index contributed by atoms with van der Waals surface area (Å²) in [6.07, 6.45) is 11.0. The number of piperidine rings is 1. The maximum atomic E-state index is 13.2. The summed E-state index contributed by atoms with van der Waals surface area (Å²) in [5.41, 5.74) is 2.14. The smallest absolute Gasteiger partial charge is 0.310 e. The zero-order valence-electron chi connectivity index (χ0n) is 24.6. The van der Waals surface area contributed by atoms with Crippen molar-refractivity contribution in [3.63, 3.8) is 0 Å². The number of amides is 2. The van der Waals surface area contributed by atoms with Crippen molar-refractivity contribution in [1.82, 2.24) is 20.4 Å². The predicted octanol–water partition coefficient (Wildman–Crippen LogP) is 5.87. The highest BCUT2D eigenvalue weighted by Crippen LogP contribution is 2.61. The fourth-order valence-corrected chi connectivity index (χ4v) is 7.93. The molecule has 1 aromatic heterocycles. The van der Waals surface area contributed by atoms with Gasteiger partial charge in [0.2, 0.25) is 0 Å². The Labute approximate surface area is 262 Å². The molecule has 2 aliphatic heterocycles. The predicted molar refractivity (Wildman–Crippen MR) is 165 cm³/mol. The van der Waals surface area contributed by atoms with Crippen LogP contribution in [0, 0.1) is 23.2 Å². The van der Waals surface area contributed by atoms with Gasteiger partial charge in [-0.15, -0.1) is 0 Å². The van der Waals surface area contributed by atoms with Crippen molar-refractivity contribution in [2.24, 2.45) is 23.2 Å². The third-order valence-corrected chi connectivity index (χ3v) is 10.6. The quantitative estimate of drug-likeness (QED) is 0.272. The summed E-state index contributed by atoms with van der Waals surface area (Å²) in [6.45, 7) is 6.80. The van der Waals surface area contributed by atoms with E-state index in [0.717, 1.165) is 45.2 Å². The van der Waals surface area contributed by atoms with Crippen LogP contribution in [0.1, 0.15) is 79.6 Å². The zero-order valence-corrected chi connectivity index (χ0v) is 26.1. The van der Waals surface area contributed by atoms with E-state index >= 15 is 0 Å². The first-order valence-electron chi connectivity index (χ1n) is 15.3. The van der Waals surface area contributed by atoms with Gasteiger partial charge in [0.25, 0.3) is 11.8 Å². The lowest BCUT2D eigenvalue weighted by Gasteiger charge is -2.34. The number of H-pyrrole nitrogens is 1. The van der Waals surface area contributed by atoms with Gasteiger partial charge >= 0.3 is 5.97 Å². The van der Waals surface area contributed by atoms with Gasteiger partial charge in [-0.2, -0.15) is 5.10 Å². The molecule has 1 saturated carbocycles. The van der Waals surface area contributed by atoms with Crippen LogP contribution in [0.2, 0.25) is 10.0 Å². The van der Waals surface area contributed by atoms with Crippen LogP contribution in [0.3, 0.4) is 0 Å². The van der Waals surface area contributed by atoms with Gasteiger partial charge in [0.1, 0.15) is 6.10 Å². The van der Waals surface area contributed by atoms with Crippen molar-refractivity contribution in [3.8, 4) is 0 Å². The van der Waals surface area contributed by atoms with Crippen molar-refractivity contribution >= 4 is 46.7 Å². The van der Waals surface area contributed by atoms with Crippen LogP contribution in [-0.4, -0.2) is 64.7 Å². The summed E-state index contributed by atoms with van der Waals surface area (Å²) in [5.74, 6) is -0.363. The number of benzene rings is 1. The van der Waals surface area contributed by atoms with Gasteiger partial charge in [0.05, 0.1) is 27.2 Å². The number of aromatic nitrogens is 2. The van der Waals surface area contributed by atoms with Crippen LogP contribution in [0.5, 0.6) is 0 Å². The summed E-state index contributed by atoms with van der Waals surface area (Å²) in [4.78, 5) is 41.5. The Bertz CT molecular complexity index is 1410. The summed E-state index contributed by atoms with van der Waals surface area (Å²) >= 11 is 12.3. The highest BCUT2D eigenvalue weighted by molar-refractivity contribution is 6.40. The third kappa shape index (κ3) is 6.35. The van der Waals surface area contributed by atoms with E-state index in [1.54, 1.807) is 18.2 Å². The molecule has 5 atom stereocenters. The number of esters is 1. The van der Waals surface area contributed by atoms with Gasteiger partial charge in [0.15, 0.2) is 5.69 Å². The number of aromatic amines is 1. The normalized spacial score (nSPS) is 30.8. The molecule has 3 heterocycles. The Morgan fingerprint density at radius 2 is 1.93 bits per heavy atom. The molecule has 3 N–H and O–H groups in total. The maximum absolute atomic E-state index is 13.2. The van der Waals surface area contributed by atoms with E-state index in [0.29, 0.717) is 17.9 Å². The van der Waals surface area contributed by atoms with E-state index in [2.05, 4.69) is 45.7 Å². The summed E-state index contributed by atoms with van der Waals surface area (Å²) in [5, 5.41) is 12.9. The molecule has 2 aliphatic carbocycles. The van der Waals surface area contributed by atoms with Crippen LogP contribution in [0.25, 0.3) is 0 Å². The Kier molecular flexibility index (Phi) is 8.59. The van der Waals surface area contributed by atoms with Gasteiger partial charge in [-0.1, -0.05) is 47.8 Å². The second-order valence-electron chi connectivity index (χ2n) is 13.0. The lowest BCUT2D eigenvalue weighted by atomic mass is 9.80. The minimum Gasteiger partial charge on any atom is -0.461 e. The van der Waals surface area contributed by atoms with Crippen LogP contribution in [0.15, 0.2) is 36.0 Å². The van der Waals surface area contributed by atoms with E-state index < -0.39 is 5.91 Å². The topological polar surface area (TPSA) is 116 Å². The van der Waals surface area contributed by atoms with E-state index in [1.165, 1.54) is 24.6 Å². The highest BCUT2D eigenvalue weighted by Gasteiger charge is 2.60. The number of carbonyl (C=O) groups excluding carboxylic acids is 3. The number of rotatable bonds is 6. The van der Waals surface area contributed by atoms with E-state index in [9.17, 15) is 14.4 Å². The summed E-state index contributed by atoms with van der Waals surface area (Å²) in [6, 6.07) is 4.76. The standard InChI is InChI=1S/C32H39Cl2N5O4/c1-18-6-3-4-11-32(2)15-22(32)28-20(14-18)21(31(42)43-28)17-39-12-9-19(10-13-39)36-30(41)27-25(16-35-38-27)37-29(40)26-23(33)7-5-8-24(26)34/h5-8,16,19-22,28H,3-4,9-15,17H2,1-2H3,(H,35,38)(H,36,41)(H,37,40)/b18-6+/t20-,21?,22+,28-,32-/m0/s1. The Hall–Kier alpha value is -2.88. The highest BCUT2D eigenvalue weighted by atomic mass is 35.5. The average molecular weight is 629 g/mol. The molecule has 2 aromatic rings. The van der Waals surface area contributed by atoms with Crippen molar-refractivity contribution in [1.29, 1.82) is 0 Å². The number of hydrogen-bond donors (Lipinski definition) is 3. The van der Waals surface area contributed by atoms with Crippen molar-refractivity contribution in [2.75, 3.05) is 25.0 Å². The maximum Gasteiger partial charge on any atom is 0.310 e. The molecular weight excluding hydrogens is 589 g/mol. The molecule has 2 amide bonds. The van der Waals surface area contributed by atoms with Crippen molar-refractivity contribution in [2.45, 2.75) is 70.9 Å². The summed E-state index contributed by atoms with van der Waals surface area (Å²) in [7, 11) is 0. The number of fused-ring (bicyclic) bond motifs is 3. The van der Waals surface area contributed by atoms with Gasteiger partial charge in [-0.3, -0.25) is 19.5 Å². The van der Waals surface area contributed by atoms with Crippen LogP contribution >= 0.6 is 23.2 Å². The lowest BCUT2D eigenvalue weighted by molar-refractivity contribution is -0.145. The molecule has 43 heavy (non-hydrogen) atoms. The number of allylic oxidation sites excluding steroid dienone is 2. The number of nitrogens with zero attached hydrogens (tertiary/aromatic N) is 2. The molecule has 11 heteroatoms. The number of hydrogen-bond acceptors (Lipinski definition) is 6. The first-order valence-corrected chi connectivity index (χ1v) is 16.1. The van der Waals surface area contributed by atoms with E-state index in [1.807, 2.05) is 0 Å². The van der Waals surface area contributed by atoms with E-state index in [4.69, 9.17) is 27.9 Å². The molecule has 3 fully saturated rings. The molecule has 0 spiro atoms. The van der Waals surface area contributed by atoms with Crippen molar-refractivity contribution < 1.29 is 19.1 Å². The van der Waals surface area contributed by atoms with E-state index in [-0.39, 0.29) is 62.8 Å². The number of carbonyl (C=O) groups is 3. The Morgan fingerprint density at radius 1 is 1.19 bits per heavy atom. The molecular formula is C32H39Cl2N5O4. The summed E-state index contributed by atoms with van der Waals surface area (Å²) < 4.78 is 6.11. The first-order chi connectivity index (χ1) is 20.6. The molecule has 0 radical (unpaired) electrons. The van der Waals surface area contributed by atoms with Gasteiger partial charge < -0.3 is 20.3 Å². The fourth-order valence-electron chi connectivity index (χ4n) is 7.36. The molecule has 0 bridgehead atoms. The molecule has 1 aromatic carbocycles. The molecule has 4 aliphatic rings. The number of anilines is 1. The Balaban J connectivity index is 1.04. The number of nitrogens with one attached hydrogen (secondary N) is 3. The van der Waals surface area contributed by atoms with Gasteiger partial charge in [-0.05, 0) is 69.4 Å². The molecule has 230 valence electrons. The fraction of sp³-hybridized carbons (Fsp3) is 0.562. The number of likely N-dealkylation sites (tertiary alicyclic amines) is 1. The second kappa shape index (κ2) is 12.3. The average Bonchev–Trinajstić information content (AvgIpc) is 3.26. The molecule has 6 rings (SSSR count). The number of ether oxygens (including phenoxy) is 1. The third-order valence-electron chi connectivity index (χ3n) is 9.99. The molecule has 9 nitrogen and oxygen atoms in total. The minimum atomic E-state index is -0.528. The van der Waals surface area contributed by atoms with Crippen molar-refractivity contribution in [3.05, 3.63) is 57.3 Å². The van der Waals surface area contributed by atoms with Gasteiger partial charge in [0, 0.05) is 43.7 Å². The van der Waals surface area contributed by atoms with Gasteiger partial charge in [-0.25, -0.2) is 0 Å². The van der Waals surface area contributed by atoms with Crippen LogP contribution in [0.4, 0.5) is 5.69 Å². The molecule has 1 unspecified atom stereocenters. The van der Waals surface area contributed by atoms with Crippen LogP contribution < -0.4 is 10.6 Å². The number of halogens is 2. The lowest BCUT2D eigenvalue weighted by Crippen LogP contribution is -2.47. The molecule has 2 saturated heterocycles. The SMILES string of the molecule is C/C1=C\CCC[C@@]2(C)C[C@@H]2[C@H]2OC(=O)C(CN3CCC(NC(=O)c4n[nH]cc4NC(=O)c4c(Cl)cccc4Cl)CC3)[C@@H]2C1.